The topological polar surface area (TPSA) is 38.2 Å². The van der Waals surface area contributed by atoms with E-state index < -0.39 is 0 Å². The van der Waals surface area contributed by atoms with Crippen molar-refractivity contribution in [3.63, 3.8) is 0 Å². The van der Waals surface area contributed by atoms with Crippen LogP contribution in [-0.4, -0.2) is 41.2 Å². The molecule has 1 aliphatic carbocycles. The van der Waals surface area contributed by atoms with E-state index in [1.54, 1.807) is 18.4 Å². The summed E-state index contributed by atoms with van der Waals surface area (Å²) in [5.41, 5.74) is 0. The van der Waals surface area contributed by atoms with Crippen LogP contribution in [0.3, 0.4) is 0 Å². The highest BCUT2D eigenvalue weighted by atomic mass is 35.5. The Balaban J connectivity index is 1.78. The van der Waals surface area contributed by atoms with Gasteiger partial charge in [0.25, 0.3) is 0 Å². The van der Waals surface area contributed by atoms with Crippen molar-refractivity contribution in [2.45, 2.75) is 25.4 Å². The minimum Gasteiger partial charge on any atom is -0.383 e. The monoisotopic (exact) mass is 297 g/mol. The molecule has 0 aliphatic heterocycles. The summed E-state index contributed by atoms with van der Waals surface area (Å²) in [6.07, 6.45) is 2.53. The first-order valence-corrected chi connectivity index (χ1v) is 7.66. The normalized spacial score (nSPS) is 15.5. The van der Waals surface area contributed by atoms with Gasteiger partial charge in [-0.25, -0.2) is 9.97 Å². The predicted molar refractivity (Wildman–Crippen MR) is 77.7 cm³/mol. The number of aromatic nitrogens is 2. The SMILES string of the molecule is COCCN(Cc1nc(Cl)c2ccsc2n1)C1CC1. The van der Waals surface area contributed by atoms with E-state index in [1.165, 1.54) is 12.8 Å². The number of thiophene rings is 1. The lowest BCUT2D eigenvalue weighted by atomic mass is 10.4. The first-order valence-electron chi connectivity index (χ1n) is 6.40. The van der Waals surface area contributed by atoms with Gasteiger partial charge in [-0.05, 0) is 24.3 Å². The minimum atomic E-state index is 0.559. The van der Waals surface area contributed by atoms with Crippen LogP contribution in [0.4, 0.5) is 0 Å². The number of hydrogen-bond donors (Lipinski definition) is 0. The number of fused-ring (bicyclic) bond motifs is 1. The fourth-order valence-electron chi connectivity index (χ4n) is 2.15. The van der Waals surface area contributed by atoms with Crippen LogP contribution in [0.1, 0.15) is 18.7 Å². The summed E-state index contributed by atoms with van der Waals surface area (Å²) in [5.74, 6) is 0.808. The van der Waals surface area contributed by atoms with Crippen LogP contribution >= 0.6 is 22.9 Å². The first-order chi connectivity index (χ1) is 9.28. The molecule has 19 heavy (non-hydrogen) atoms. The summed E-state index contributed by atoms with van der Waals surface area (Å²) in [4.78, 5) is 12.4. The lowest BCUT2D eigenvalue weighted by molar-refractivity contribution is 0.138. The van der Waals surface area contributed by atoms with Crippen LogP contribution in [0, 0.1) is 0 Å². The van der Waals surface area contributed by atoms with Gasteiger partial charge in [-0.2, -0.15) is 0 Å². The molecule has 0 unspecified atom stereocenters. The fraction of sp³-hybridized carbons (Fsp3) is 0.538. The number of halogens is 1. The Labute approximate surface area is 121 Å². The van der Waals surface area contributed by atoms with Crippen molar-refractivity contribution in [1.29, 1.82) is 0 Å². The smallest absolute Gasteiger partial charge is 0.145 e. The Morgan fingerprint density at radius 2 is 2.32 bits per heavy atom. The van der Waals surface area contributed by atoms with E-state index in [1.807, 2.05) is 11.4 Å². The summed E-state index contributed by atoms with van der Waals surface area (Å²) in [6.45, 7) is 2.41. The molecule has 1 aliphatic rings. The van der Waals surface area contributed by atoms with Gasteiger partial charge in [0.05, 0.1) is 13.2 Å². The predicted octanol–water partition coefficient (Wildman–Crippen LogP) is 2.96. The molecule has 2 aromatic rings. The molecule has 2 aromatic heterocycles. The summed E-state index contributed by atoms with van der Waals surface area (Å²) >= 11 is 7.80. The molecular weight excluding hydrogens is 282 g/mol. The van der Waals surface area contributed by atoms with Gasteiger partial charge in [-0.1, -0.05) is 11.6 Å². The zero-order valence-corrected chi connectivity index (χ0v) is 12.4. The molecule has 1 saturated carbocycles. The van der Waals surface area contributed by atoms with E-state index >= 15 is 0 Å². The first kappa shape index (κ1) is 13.2. The van der Waals surface area contributed by atoms with E-state index in [4.69, 9.17) is 16.3 Å². The summed E-state index contributed by atoms with van der Waals surface area (Å²) in [5, 5.41) is 3.51. The molecule has 0 spiro atoms. The number of ether oxygens (including phenoxy) is 1. The lowest BCUT2D eigenvalue weighted by Gasteiger charge is -2.20. The molecule has 3 rings (SSSR count). The molecule has 2 heterocycles. The van der Waals surface area contributed by atoms with Crippen molar-refractivity contribution < 1.29 is 4.74 Å². The van der Waals surface area contributed by atoms with Crippen LogP contribution in [0.2, 0.25) is 5.15 Å². The standard InChI is InChI=1S/C13H16ClN3OS/c1-18-6-5-17(9-2-3-9)8-11-15-12(14)10-4-7-19-13(10)16-11/h4,7,9H,2-3,5-6,8H2,1H3. The van der Waals surface area contributed by atoms with Gasteiger partial charge in [0.15, 0.2) is 0 Å². The summed E-state index contributed by atoms with van der Waals surface area (Å²) in [6, 6.07) is 2.63. The van der Waals surface area contributed by atoms with Gasteiger partial charge in [0.2, 0.25) is 0 Å². The highest BCUT2D eigenvalue weighted by Crippen LogP contribution is 2.29. The molecule has 0 saturated heterocycles. The molecule has 0 aromatic carbocycles. The second-order valence-corrected chi connectivity index (χ2v) is 6.02. The van der Waals surface area contributed by atoms with Crippen LogP contribution in [-0.2, 0) is 11.3 Å². The van der Waals surface area contributed by atoms with E-state index in [-0.39, 0.29) is 0 Å². The van der Waals surface area contributed by atoms with E-state index in [0.717, 1.165) is 35.7 Å². The van der Waals surface area contributed by atoms with Crippen LogP contribution in [0.25, 0.3) is 10.2 Å². The zero-order chi connectivity index (χ0) is 13.2. The Hall–Kier alpha value is -0.750. The second-order valence-electron chi connectivity index (χ2n) is 4.76. The van der Waals surface area contributed by atoms with Gasteiger partial charge in [-0.15, -0.1) is 11.3 Å². The average Bonchev–Trinajstić information content (AvgIpc) is 3.13. The third-order valence-corrected chi connectivity index (χ3v) is 4.41. The molecule has 6 heteroatoms. The van der Waals surface area contributed by atoms with E-state index in [0.29, 0.717) is 11.2 Å². The van der Waals surface area contributed by atoms with Crippen LogP contribution in [0.15, 0.2) is 11.4 Å². The third-order valence-electron chi connectivity index (χ3n) is 3.32. The van der Waals surface area contributed by atoms with Gasteiger partial charge in [0.1, 0.15) is 15.8 Å². The minimum absolute atomic E-state index is 0.559. The van der Waals surface area contributed by atoms with Crippen molar-refractivity contribution in [1.82, 2.24) is 14.9 Å². The zero-order valence-electron chi connectivity index (χ0n) is 10.8. The van der Waals surface area contributed by atoms with Crippen LogP contribution in [0.5, 0.6) is 0 Å². The maximum Gasteiger partial charge on any atom is 0.145 e. The Kier molecular flexibility index (Phi) is 3.98. The van der Waals surface area contributed by atoms with Gasteiger partial charge < -0.3 is 4.74 Å². The fourth-order valence-corrected chi connectivity index (χ4v) is 3.24. The molecule has 0 atom stereocenters. The van der Waals surface area contributed by atoms with Gasteiger partial charge >= 0.3 is 0 Å². The van der Waals surface area contributed by atoms with Crippen LogP contribution < -0.4 is 0 Å². The molecule has 4 nitrogen and oxygen atoms in total. The Bertz CT molecular complexity index is 570. The average molecular weight is 298 g/mol. The van der Waals surface area contributed by atoms with Crippen molar-refractivity contribution >= 4 is 33.2 Å². The number of nitrogens with zero attached hydrogens (tertiary/aromatic N) is 3. The molecule has 0 amide bonds. The maximum absolute atomic E-state index is 6.20. The lowest BCUT2D eigenvalue weighted by Crippen LogP contribution is -2.30. The van der Waals surface area contributed by atoms with Gasteiger partial charge in [-0.3, -0.25) is 4.90 Å². The van der Waals surface area contributed by atoms with E-state index in [9.17, 15) is 0 Å². The molecule has 0 radical (unpaired) electrons. The molecular formula is C13H16ClN3OS. The van der Waals surface area contributed by atoms with Crippen molar-refractivity contribution in [2.75, 3.05) is 20.3 Å². The highest BCUT2D eigenvalue weighted by molar-refractivity contribution is 7.16. The molecule has 1 fully saturated rings. The molecule has 102 valence electrons. The maximum atomic E-state index is 6.20. The molecule has 0 N–H and O–H groups in total. The second kappa shape index (κ2) is 5.71. The quantitative estimate of drug-likeness (QED) is 0.768. The van der Waals surface area contributed by atoms with Crippen molar-refractivity contribution in [3.05, 3.63) is 22.4 Å². The van der Waals surface area contributed by atoms with Gasteiger partial charge in [0, 0.05) is 25.1 Å². The highest BCUT2D eigenvalue weighted by Gasteiger charge is 2.29. The number of hydrogen-bond acceptors (Lipinski definition) is 5. The Morgan fingerprint density at radius 1 is 1.47 bits per heavy atom. The van der Waals surface area contributed by atoms with E-state index in [2.05, 4.69) is 14.9 Å². The van der Waals surface area contributed by atoms with Crippen molar-refractivity contribution in [2.24, 2.45) is 0 Å². The largest absolute Gasteiger partial charge is 0.383 e. The number of rotatable bonds is 6. The third kappa shape index (κ3) is 3.05. The number of methoxy groups -OCH3 is 1. The summed E-state index contributed by atoms with van der Waals surface area (Å²) < 4.78 is 5.16. The molecule has 0 bridgehead atoms. The Morgan fingerprint density at radius 3 is 3.05 bits per heavy atom. The van der Waals surface area contributed by atoms with Crippen molar-refractivity contribution in [3.8, 4) is 0 Å². The summed E-state index contributed by atoms with van der Waals surface area (Å²) in [7, 11) is 1.73.